The Labute approximate surface area is 95.8 Å². The topological polar surface area (TPSA) is 46.9 Å². The monoisotopic (exact) mass is 237 g/mol. The van der Waals surface area contributed by atoms with Crippen LogP contribution < -0.4 is 5.43 Å². The molecule has 1 heterocycles. The molecule has 0 fully saturated rings. The minimum atomic E-state index is -0.866. The van der Waals surface area contributed by atoms with E-state index in [4.69, 9.17) is 0 Å². The van der Waals surface area contributed by atoms with Crippen LogP contribution in [-0.2, 0) is 0 Å². The van der Waals surface area contributed by atoms with Crippen molar-refractivity contribution in [2.24, 2.45) is 0 Å². The molecule has 6 heteroatoms. The smallest absolute Gasteiger partial charge is 0.267 e. The van der Waals surface area contributed by atoms with Gasteiger partial charge in [-0.3, -0.25) is 4.79 Å². The van der Waals surface area contributed by atoms with Crippen molar-refractivity contribution in [1.82, 2.24) is 9.89 Å². The Balaban J connectivity index is 2.29. The minimum absolute atomic E-state index is 0.182. The molecule has 17 heavy (non-hydrogen) atoms. The van der Waals surface area contributed by atoms with E-state index in [1.165, 1.54) is 19.3 Å². The average Bonchev–Trinajstić information content (AvgIpc) is 2.78. The highest BCUT2D eigenvalue weighted by molar-refractivity contribution is 6.00. The first kappa shape index (κ1) is 11.3. The highest BCUT2D eigenvalue weighted by Crippen LogP contribution is 2.15. The first-order valence-corrected chi connectivity index (χ1v) is 4.85. The lowest BCUT2D eigenvalue weighted by Gasteiger charge is -2.07. The summed E-state index contributed by atoms with van der Waals surface area (Å²) in [6.45, 7) is 1.27. The molecule has 0 bridgehead atoms. The predicted octanol–water partition coefficient (Wildman–Crippen LogP) is 1.85. The van der Waals surface area contributed by atoms with Crippen LogP contribution in [0.2, 0.25) is 0 Å². The molecule has 0 saturated carbocycles. The van der Waals surface area contributed by atoms with Gasteiger partial charge in [0.15, 0.2) is 0 Å². The van der Waals surface area contributed by atoms with E-state index in [1.54, 1.807) is 6.07 Å². The van der Waals surface area contributed by atoms with Crippen LogP contribution in [0.3, 0.4) is 0 Å². The molecule has 0 atom stereocenters. The third kappa shape index (κ3) is 2.15. The second-order valence-corrected chi connectivity index (χ2v) is 3.43. The zero-order chi connectivity index (χ0) is 12.4. The van der Waals surface area contributed by atoms with Gasteiger partial charge in [-0.05, 0) is 25.1 Å². The molecular weight excluding hydrogens is 228 g/mol. The van der Waals surface area contributed by atoms with Crippen LogP contribution in [0.25, 0.3) is 0 Å². The summed E-state index contributed by atoms with van der Waals surface area (Å²) in [4.78, 5) is 12.8. The summed E-state index contributed by atoms with van der Waals surface area (Å²) >= 11 is 0. The number of rotatable bonds is 2. The molecule has 0 radical (unpaired) electrons. The summed E-state index contributed by atoms with van der Waals surface area (Å²) in [6, 6.07) is 3.75. The number of hydrogen-bond donors (Lipinski definition) is 1. The van der Waals surface area contributed by atoms with Gasteiger partial charge in [-0.15, -0.1) is 0 Å². The number of aromatic nitrogens is 2. The van der Waals surface area contributed by atoms with Crippen molar-refractivity contribution in [3.05, 3.63) is 53.4 Å². The summed E-state index contributed by atoms with van der Waals surface area (Å²) in [5, 5.41) is 3.74. The van der Waals surface area contributed by atoms with E-state index in [2.05, 4.69) is 10.5 Å². The van der Waals surface area contributed by atoms with E-state index >= 15 is 0 Å². The number of halogens is 2. The number of hydrogen-bond acceptors (Lipinski definition) is 2. The molecule has 0 saturated heterocycles. The molecule has 1 aromatic heterocycles. The molecule has 0 aliphatic rings. The van der Waals surface area contributed by atoms with Crippen molar-refractivity contribution in [2.75, 3.05) is 5.43 Å². The number of nitrogens with one attached hydrogen (secondary N) is 1. The van der Waals surface area contributed by atoms with Crippen LogP contribution in [0.4, 0.5) is 8.78 Å². The number of nitrogens with zero attached hydrogens (tertiary/aromatic N) is 2. The Morgan fingerprint density at radius 3 is 2.82 bits per heavy atom. The lowest BCUT2D eigenvalue weighted by molar-refractivity contribution is 0.100. The maximum absolute atomic E-state index is 13.6. The predicted molar refractivity (Wildman–Crippen MR) is 57.0 cm³/mol. The summed E-state index contributed by atoms with van der Waals surface area (Å²) in [7, 11) is 0. The fraction of sp³-hybridized carbons (Fsp3) is 0.0909. The van der Waals surface area contributed by atoms with Crippen LogP contribution in [0.15, 0.2) is 30.6 Å². The molecule has 2 rings (SSSR count). The molecule has 2 aromatic rings. The van der Waals surface area contributed by atoms with Gasteiger partial charge in [0.05, 0.1) is 11.8 Å². The SMILES string of the molecule is Cc1c(F)ccc(C(=O)Nn2cccn2)c1F. The Bertz CT molecular complexity index is 552. The number of carbonyl (C=O) groups is 1. The van der Waals surface area contributed by atoms with Gasteiger partial charge in [0.25, 0.3) is 5.91 Å². The molecule has 88 valence electrons. The molecule has 0 aliphatic carbocycles. The van der Waals surface area contributed by atoms with Crippen molar-refractivity contribution in [2.45, 2.75) is 6.92 Å². The molecule has 1 amide bonds. The van der Waals surface area contributed by atoms with Gasteiger partial charge < -0.3 is 0 Å². The van der Waals surface area contributed by atoms with E-state index in [-0.39, 0.29) is 11.1 Å². The van der Waals surface area contributed by atoms with Gasteiger partial charge in [-0.1, -0.05) is 0 Å². The lowest BCUT2D eigenvalue weighted by atomic mass is 10.1. The van der Waals surface area contributed by atoms with E-state index in [9.17, 15) is 13.6 Å². The standard InChI is InChI=1S/C11H9F2N3O/c1-7-9(12)4-3-8(10(7)13)11(17)15-16-6-2-5-14-16/h2-6H,1H3,(H,15,17). The number of carbonyl (C=O) groups excluding carboxylic acids is 1. The average molecular weight is 237 g/mol. The van der Waals surface area contributed by atoms with Gasteiger partial charge in [-0.25, -0.2) is 14.2 Å². The number of benzene rings is 1. The third-order valence-corrected chi connectivity index (χ3v) is 2.29. The van der Waals surface area contributed by atoms with E-state index in [1.807, 2.05) is 0 Å². The summed E-state index contributed by atoms with van der Waals surface area (Å²) < 4.78 is 26.6. The van der Waals surface area contributed by atoms with Crippen molar-refractivity contribution >= 4 is 5.91 Å². The second-order valence-electron chi connectivity index (χ2n) is 3.43. The zero-order valence-electron chi connectivity index (χ0n) is 8.95. The molecule has 0 unspecified atom stereocenters. The van der Waals surface area contributed by atoms with E-state index in [0.29, 0.717) is 0 Å². The van der Waals surface area contributed by atoms with Crippen LogP contribution in [-0.4, -0.2) is 15.8 Å². The lowest BCUT2D eigenvalue weighted by Crippen LogP contribution is -2.24. The molecule has 4 nitrogen and oxygen atoms in total. The quantitative estimate of drug-likeness (QED) is 0.866. The van der Waals surface area contributed by atoms with Crippen molar-refractivity contribution < 1.29 is 13.6 Å². The summed E-state index contributed by atoms with van der Waals surface area (Å²) in [6.07, 6.45) is 2.96. The summed E-state index contributed by atoms with van der Waals surface area (Å²) in [5.41, 5.74) is 1.92. The first-order chi connectivity index (χ1) is 8.09. The highest BCUT2D eigenvalue weighted by Gasteiger charge is 2.16. The van der Waals surface area contributed by atoms with Gasteiger partial charge in [-0.2, -0.15) is 9.89 Å². The van der Waals surface area contributed by atoms with Crippen LogP contribution in [0, 0.1) is 18.6 Å². The van der Waals surface area contributed by atoms with E-state index < -0.39 is 17.5 Å². The normalized spacial score (nSPS) is 10.3. The van der Waals surface area contributed by atoms with Crippen molar-refractivity contribution in [3.8, 4) is 0 Å². The fourth-order valence-electron chi connectivity index (χ4n) is 1.34. The maximum Gasteiger partial charge on any atom is 0.274 e. The Morgan fingerprint density at radius 2 is 2.18 bits per heavy atom. The van der Waals surface area contributed by atoms with Gasteiger partial charge in [0.2, 0.25) is 0 Å². The van der Waals surface area contributed by atoms with Crippen LogP contribution >= 0.6 is 0 Å². The zero-order valence-corrected chi connectivity index (χ0v) is 8.95. The molecule has 1 aromatic carbocycles. The molecular formula is C11H9F2N3O. The van der Waals surface area contributed by atoms with Gasteiger partial charge in [0.1, 0.15) is 11.6 Å². The Kier molecular flexibility index (Phi) is 2.86. The van der Waals surface area contributed by atoms with Crippen molar-refractivity contribution in [3.63, 3.8) is 0 Å². The van der Waals surface area contributed by atoms with E-state index in [0.717, 1.165) is 16.9 Å². The Morgan fingerprint density at radius 1 is 1.41 bits per heavy atom. The minimum Gasteiger partial charge on any atom is -0.267 e. The fourth-order valence-corrected chi connectivity index (χ4v) is 1.34. The molecule has 1 N–H and O–H groups in total. The largest absolute Gasteiger partial charge is 0.274 e. The molecule has 0 aliphatic heterocycles. The third-order valence-electron chi connectivity index (χ3n) is 2.29. The number of amides is 1. The summed E-state index contributed by atoms with van der Waals surface area (Å²) in [5.74, 6) is -2.23. The van der Waals surface area contributed by atoms with Crippen LogP contribution in [0.5, 0.6) is 0 Å². The molecule has 0 spiro atoms. The highest BCUT2D eigenvalue weighted by atomic mass is 19.1. The van der Waals surface area contributed by atoms with Crippen molar-refractivity contribution in [1.29, 1.82) is 0 Å². The Hall–Kier alpha value is -2.24. The van der Waals surface area contributed by atoms with Gasteiger partial charge in [0, 0.05) is 11.8 Å². The first-order valence-electron chi connectivity index (χ1n) is 4.85. The maximum atomic E-state index is 13.6. The van der Waals surface area contributed by atoms with Gasteiger partial charge >= 0.3 is 0 Å². The van der Waals surface area contributed by atoms with Crippen LogP contribution in [0.1, 0.15) is 15.9 Å². The second kappa shape index (κ2) is 4.32.